The van der Waals surface area contributed by atoms with Gasteiger partial charge in [0, 0.05) is 29.3 Å². The first kappa shape index (κ1) is 18.7. The Morgan fingerprint density at radius 2 is 2.17 bits per heavy atom. The topological polar surface area (TPSA) is 84.9 Å². The van der Waals surface area contributed by atoms with Crippen LogP contribution in [0.15, 0.2) is 24.3 Å². The van der Waals surface area contributed by atoms with Crippen LogP contribution in [0.2, 0.25) is 0 Å². The van der Waals surface area contributed by atoms with E-state index in [4.69, 9.17) is 9.47 Å². The molecule has 0 aromatic heterocycles. The van der Waals surface area contributed by atoms with Crippen LogP contribution in [0.25, 0.3) is 0 Å². The number of esters is 1. The Bertz CT molecular complexity index is 622. The van der Waals surface area contributed by atoms with Gasteiger partial charge in [-0.1, -0.05) is 6.07 Å². The first-order valence-corrected chi connectivity index (χ1v) is 8.59. The quantitative estimate of drug-likeness (QED) is 0.397. The van der Waals surface area contributed by atoms with E-state index in [2.05, 4.69) is 27.9 Å². The zero-order valence-electron chi connectivity index (χ0n) is 13.3. The molecule has 1 fully saturated rings. The number of methoxy groups -OCH3 is 1. The van der Waals surface area contributed by atoms with E-state index in [9.17, 15) is 14.4 Å². The van der Waals surface area contributed by atoms with Crippen molar-refractivity contribution >= 4 is 40.4 Å². The number of benzene rings is 1. The van der Waals surface area contributed by atoms with E-state index >= 15 is 0 Å². The molecular weight excluding hydrogens is 427 g/mol. The summed E-state index contributed by atoms with van der Waals surface area (Å²) in [6.07, 6.45) is -0.175. The molecule has 0 saturated carbocycles. The minimum absolute atomic E-state index is 0.120. The van der Waals surface area contributed by atoms with E-state index in [-0.39, 0.29) is 31.4 Å². The van der Waals surface area contributed by atoms with Crippen LogP contribution in [0.1, 0.15) is 16.8 Å². The third kappa shape index (κ3) is 4.91. The van der Waals surface area contributed by atoms with Crippen LogP contribution in [0.4, 0.5) is 0 Å². The fourth-order valence-electron chi connectivity index (χ4n) is 2.40. The Morgan fingerprint density at radius 1 is 1.38 bits per heavy atom. The summed E-state index contributed by atoms with van der Waals surface area (Å²) in [5.74, 6) is -1.14. The van der Waals surface area contributed by atoms with E-state index in [1.165, 1.54) is 12.0 Å². The maximum absolute atomic E-state index is 12.7. The molecule has 7 nitrogen and oxygen atoms in total. The zero-order chi connectivity index (χ0) is 17.5. The molecule has 1 aliphatic rings. The van der Waals surface area contributed by atoms with Crippen molar-refractivity contribution in [1.29, 1.82) is 0 Å². The first-order valence-electron chi connectivity index (χ1n) is 7.51. The highest BCUT2D eigenvalue weighted by molar-refractivity contribution is 14.1. The Hall–Kier alpha value is -1.68. The van der Waals surface area contributed by atoms with Gasteiger partial charge in [0.1, 0.15) is 12.6 Å². The van der Waals surface area contributed by atoms with Gasteiger partial charge in [0.2, 0.25) is 5.91 Å². The Morgan fingerprint density at radius 3 is 2.88 bits per heavy atom. The number of hydrogen-bond acceptors (Lipinski definition) is 5. The van der Waals surface area contributed by atoms with Crippen LogP contribution >= 0.6 is 22.6 Å². The number of piperazine rings is 1. The molecule has 1 aromatic carbocycles. The minimum Gasteiger partial charge on any atom is -0.463 e. The lowest BCUT2D eigenvalue weighted by molar-refractivity contribution is -0.148. The maximum atomic E-state index is 12.7. The zero-order valence-corrected chi connectivity index (χ0v) is 15.4. The van der Waals surface area contributed by atoms with Gasteiger partial charge in [0.15, 0.2) is 0 Å². The predicted octanol–water partition coefficient (Wildman–Crippen LogP) is 0.811. The lowest BCUT2D eigenvalue weighted by Crippen LogP contribution is -2.57. The second-order valence-electron chi connectivity index (χ2n) is 5.23. The van der Waals surface area contributed by atoms with Gasteiger partial charge in [-0.15, -0.1) is 0 Å². The average Bonchev–Trinajstić information content (AvgIpc) is 2.56. The van der Waals surface area contributed by atoms with Crippen molar-refractivity contribution in [3.63, 3.8) is 0 Å². The summed E-state index contributed by atoms with van der Waals surface area (Å²) in [5.41, 5.74) is 0.495. The van der Waals surface area contributed by atoms with Crippen LogP contribution < -0.4 is 5.32 Å². The van der Waals surface area contributed by atoms with Crippen LogP contribution in [0.5, 0.6) is 0 Å². The van der Waals surface area contributed by atoms with Gasteiger partial charge in [-0.2, -0.15) is 0 Å². The molecule has 0 bridgehead atoms. The number of hydrogen-bond donors (Lipinski definition) is 1. The molecular formula is C16H19IN2O5. The third-order valence-electron chi connectivity index (χ3n) is 3.57. The van der Waals surface area contributed by atoms with Gasteiger partial charge in [-0.25, -0.2) is 0 Å². The molecule has 130 valence electrons. The van der Waals surface area contributed by atoms with Crippen LogP contribution in [0, 0.1) is 3.57 Å². The third-order valence-corrected chi connectivity index (χ3v) is 4.24. The summed E-state index contributed by atoms with van der Waals surface area (Å²) >= 11 is 2.12. The first-order chi connectivity index (χ1) is 11.5. The minimum atomic E-state index is -0.862. The number of halogens is 1. The van der Waals surface area contributed by atoms with Gasteiger partial charge in [-0.05, 0) is 40.8 Å². The fraction of sp³-hybridized carbons (Fsp3) is 0.438. The molecule has 1 aromatic rings. The molecule has 1 N–H and O–H groups in total. The summed E-state index contributed by atoms with van der Waals surface area (Å²) in [7, 11) is 1.50. The van der Waals surface area contributed by atoms with Gasteiger partial charge in [0.05, 0.1) is 13.0 Å². The smallest absolute Gasteiger partial charge is 0.308 e. The van der Waals surface area contributed by atoms with Crippen molar-refractivity contribution in [3.8, 4) is 0 Å². The summed E-state index contributed by atoms with van der Waals surface area (Å²) in [6, 6.07) is 6.26. The van der Waals surface area contributed by atoms with E-state index in [1.807, 2.05) is 6.07 Å². The summed E-state index contributed by atoms with van der Waals surface area (Å²) in [4.78, 5) is 38.2. The molecule has 1 aliphatic heterocycles. The van der Waals surface area contributed by atoms with Crippen molar-refractivity contribution < 1.29 is 23.9 Å². The fourth-order valence-corrected chi connectivity index (χ4v) is 2.95. The van der Waals surface area contributed by atoms with Gasteiger partial charge in [0.25, 0.3) is 5.91 Å². The maximum Gasteiger partial charge on any atom is 0.308 e. The van der Waals surface area contributed by atoms with Crippen molar-refractivity contribution in [3.05, 3.63) is 33.4 Å². The highest BCUT2D eigenvalue weighted by Gasteiger charge is 2.35. The van der Waals surface area contributed by atoms with E-state index in [0.717, 1.165) is 3.57 Å². The van der Waals surface area contributed by atoms with Crippen molar-refractivity contribution in [2.24, 2.45) is 0 Å². The predicted molar refractivity (Wildman–Crippen MR) is 94.4 cm³/mol. The number of nitrogens with one attached hydrogen (secondary N) is 1. The number of nitrogens with zero attached hydrogens (tertiary/aromatic N) is 1. The molecule has 1 atom stereocenters. The molecule has 0 radical (unpaired) electrons. The van der Waals surface area contributed by atoms with Crippen LogP contribution in [0.3, 0.4) is 0 Å². The van der Waals surface area contributed by atoms with Crippen LogP contribution in [-0.2, 0) is 19.1 Å². The molecule has 0 spiro atoms. The van der Waals surface area contributed by atoms with Gasteiger partial charge < -0.3 is 19.7 Å². The Balaban J connectivity index is 2.09. The normalized spacial score (nSPS) is 17.3. The van der Waals surface area contributed by atoms with Crippen LogP contribution in [-0.4, -0.2) is 62.1 Å². The molecule has 1 heterocycles. The number of carbonyl (C=O) groups is 3. The highest BCUT2D eigenvalue weighted by atomic mass is 127. The second-order valence-corrected chi connectivity index (χ2v) is 6.48. The van der Waals surface area contributed by atoms with E-state index in [1.54, 1.807) is 18.2 Å². The molecule has 1 saturated heterocycles. The highest BCUT2D eigenvalue weighted by Crippen LogP contribution is 2.16. The Kier molecular flexibility index (Phi) is 6.98. The monoisotopic (exact) mass is 446 g/mol. The largest absolute Gasteiger partial charge is 0.463 e. The molecule has 2 amide bonds. The summed E-state index contributed by atoms with van der Waals surface area (Å²) in [5, 5.41) is 2.69. The average molecular weight is 446 g/mol. The number of carbonyl (C=O) groups excluding carboxylic acids is 3. The lowest BCUT2D eigenvalue weighted by atomic mass is 10.1. The van der Waals surface area contributed by atoms with Crippen molar-refractivity contribution in [2.75, 3.05) is 33.4 Å². The molecule has 2 rings (SSSR count). The number of rotatable bonds is 6. The lowest BCUT2D eigenvalue weighted by Gasteiger charge is -2.34. The van der Waals surface area contributed by atoms with E-state index in [0.29, 0.717) is 18.7 Å². The molecule has 24 heavy (non-hydrogen) atoms. The standard InChI is InChI=1S/C16H19IN2O5/c1-23-7-8-24-14(20)10-13-15(21)18-5-6-19(13)16(22)11-3-2-4-12(17)9-11/h2-4,9,13H,5-8,10H2,1H3,(H,18,21). The molecule has 1 unspecified atom stereocenters. The van der Waals surface area contributed by atoms with Gasteiger partial charge >= 0.3 is 5.97 Å². The summed E-state index contributed by atoms with van der Waals surface area (Å²) in [6.45, 7) is 1.12. The van der Waals surface area contributed by atoms with Gasteiger partial charge in [-0.3, -0.25) is 14.4 Å². The molecule has 0 aliphatic carbocycles. The van der Waals surface area contributed by atoms with Crippen molar-refractivity contribution in [1.82, 2.24) is 10.2 Å². The number of amides is 2. The SMILES string of the molecule is COCCOC(=O)CC1C(=O)NCCN1C(=O)c1cccc(I)c1. The van der Waals surface area contributed by atoms with Crippen molar-refractivity contribution in [2.45, 2.75) is 12.5 Å². The molecule has 8 heteroatoms. The second kappa shape index (κ2) is 8.97. The van der Waals surface area contributed by atoms with E-state index < -0.39 is 12.0 Å². The summed E-state index contributed by atoms with van der Waals surface area (Å²) < 4.78 is 10.7. The number of ether oxygens (including phenoxy) is 2. The Labute approximate surface area is 153 Å².